The molecule has 3 rings (SSSR count). The molecule has 2 amide bonds. The third kappa shape index (κ3) is 6.22. The predicted octanol–water partition coefficient (Wildman–Crippen LogP) is 3.44. The number of nitrogens with zero attached hydrogens (tertiary/aromatic N) is 3. The average molecular weight is 455 g/mol. The van der Waals surface area contributed by atoms with Gasteiger partial charge in [0.1, 0.15) is 0 Å². The first-order valence-electron chi connectivity index (χ1n) is 11.4. The third-order valence-electron chi connectivity index (χ3n) is 6.66. The summed E-state index contributed by atoms with van der Waals surface area (Å²) in [4.78, 5) is 31.2. The molecule has 0 unspecified atom stereocenters. The number of hydrogen-bond donors (Lipinski definition) is 1. The lowest BCUT2D eigenvalue weighted by atomic mass is 9.94. The number of likely N-dealkylation sites (N-methyl/N-ethyl adjacent to an activating group) is 1. The Morgan fingerprint density at radius 1 is 1.09 bits per heavy atom. The highest BCUT2D eigenvalue weighted by Crippen LogP contribution is 2.34. The van der Waals surface area contributed by atoms with Crippen LogP contribution in [0, 0.1) is 0 Å². The number of carbonyl (C=O) groups excluding carboxylic acids is 2. The molecule has 0 aromatic heterocycles. The van der Waals surface area contributed by atoms with Crippen molar-refractivity contribution in [3.05, 3.63) is 29.8 Å². The number of hydrogen-bond acceptors (Lipinski definition) is 4. The quantitative estimate of drug-likeness (QED) is 0.716. The molecule has 9 heteroatoms. The molecule has 0 radical (unpaired) electrons. The van der Waals surface area contributed by atoms with E-state index in [0.29, 0.717) is 32.2 Å². The van der Waals surface area contributed by atoms with E-state index < -0.39 is 17.6 Å². The van der Waals surface area contributed by atoms with Crippen molar-refractivity contribution in [2.45, 2.75) is 57.3 Å². The van der Waals surface area contributed by atoms with Gasteiger partial charge in [0.2, 0.25) is 11.8 Å². The Morgan fingerprint density at radius 3 is 2.34 bits per heavy atom. The summed E-state index contributed by atoms with van der Waals surface area (Å²) in [5, 5.41) is 2.39. The predicted molar refractivity (Wildman–Crippen MR) is 117 cm³/mol. The molecule has 0 spiro atoms. The van der Waals surface area contributed by atoms with Crippen molar-refractivity contribution in [3.63, 3.8) is 0 Å². The summed E-state index contributed by atoms with van der Waals surface area (Å²) in [6, 6.07) is 5.07. The van der Waals surface area contributed by atoms with Crippen LogP contribution >= 0.6 is 0 Å². The van der Waals surface area contributed by atoms with Gasteiger partial charge in [-0.1, -0.05) is 31.4 Å². The molecule has 1 saturated carbocycles. The zero-order valence-electron chi connectivity index (χ0n) is 18.8. The molecule has 1 atom stereocenters. The molecule has 32 heavy (non-hydrogen) atoms. The molecule has 2 fully saturated rings. The number of alkyl halides is 3. The van der Waals surface area contributed by atoms with Crippen LogP contribution < -0.4 is 5.32 Å². The molecule has 0 bridgehead atoms. The second kappa shape index (κ2) is 10.7. The largest absolute Gasteiger partial charge is 0.418 e. The number of anilines is 1. The van der Waals surface area contributed by atoms with Crippen molar-refractivity contribution >= 4 is 17.5 Å². The van der Waals surface area contributed by atoms with Crippen LogP contribution in [0.2, 0.25) is 0 Å². The molecule has 178 valence electrons. The van der Waals surface area contributed by atoms with E-state index in [-0.39, 0.29) is 24.2 Å². The third-order valence-corrected chi connectivity index (χ3v) is 6.66. The van der Waals surface area contributed by atoms with Crippen LogP contribution in [0.15, 0.2) is 24.3 Å². The second-order valence-electron chi connectivity index (χ2n) is 8.82. The Hall–Kier alpha value is -2.13. The van der Waals surface area contributed by atoms with Gasteiger partial charge in [-0.3, -0.25) is 19.4 Å². The van der Waals surface area contributed by atoms with Crippen LogP contribution in [-0.4, -0.2) is 78.4 Å². The summed E-state index contributed by atoms with van der Waals surface area (Å²) in [5.74, 6) is -0.344. The Kier molecular flexibility index (Phi) is 8.16. The molecule has 1 saturated heterocycles. The Morgan fingerprint density at radius 2 is 1.72 bits per heavy atom. The lowest BCUT2D eigenvalue weighted by Crippen LogP contribution is -2.56. The minimum atomic E-state index is -4.52. The molecule has 1 N–H and O–H groups in total. The molecular weight excluding hydrogens is 421 g/mol. The van der Waals surface area contributed by atoms with Crippen molar-refractivity contribution in [1.82, 2.24) is 14.7 Å². The fourth-order valence-corrected chi connectivity index (χ4v) is 4.64. The van der Waals surface area contributed by atoms with Gasteiger partial charge in [0.15, 0.2) is 0 Å². The molecule has 1 aromatic carbocycles. The summed E-state index contributed by atoms with van der Waals surface area (Å²) in [6.07, 6.45) is 1.19. The SMILES string of the molecule is C[C@@H](C(=O)N(C)C1CCCCC1)N1CCN(CC(=O)Nc2ccccc2C(F)(F)F)CC1. The first kappa shape index (κ1) is 24.5. The van der Waals surface area contributed by atoms with Crippen LogP contribution in [0.25, 0.3) is 0 Å². The van der Waals surface area contributed by atoms with Gasteiger partial charge >= 0.3 is 6.18 Å². The smallest absolute Gasteiger partial charge is 0.341 e. The summed E-state index contributed by atoms with van der Waals surface area (Å²) in [5.41, 5.74) is -1.08. The molecule has 1 heterocycles. The van der Waals surface area contributed by atoms with Gasteiger partial charge in [0.05, 0.1) is 23.8 Å². The first-order valence-corrected chi connectivity index (χ1v) is 11.4. The van der Waals surface area contributed by atoms with Crippen LogP contribution in [0.5, 0.6) is 0 Å². The summed E-state index contributed by atoms with van der Waals surface area (Å²) >= 11 is 0. The van der Waals surface area contributed by atoms with Crippen molar-refractivity contribution in [2.24, 2.45) is 0 Å². The number of nitrogens with one attached hydrogen (secondary N) is 1. The zero-order chi connectivity index (χ0) is 23.3. The van der Waals surface area contributed by atoms with Gasteiger partial charge in [-0.25, -0.2) is 0 Å². The van der Waals surface area contributed by atoms with E-state index in [1.807, 2.05) is 23.8 Å². The highest BCUT2D eigenvalue weighted by atomic mass is 19.4. The van der Waals surface area contributed by atoms with Crippen LogP contribution in [0.3, 0.4) is 0 Å². The van der Waals surface area contributed by atoms with Crippen molar-refractivity contribution in [1.29, 1.82) is 0 Å². The monoisotopic (exact) mass is 454 g/mol. The highest BCUT2D eigenvalue weighted by molar-refractivity contribution is 5.93. The van der Waals surface area contributed by atoms with Crippen molar-refractivity contribution in [3.8, 4) is 0 Å². The van der Waals surface area contributed by atoms with Crippen LogP contribution in [0.1, 0.15) is 44.6 Å². The van der Waals surface area contributed by atoms with E-state index in [4.69, 9.17) is 0 Å². The summed E-state index contributed by atoms with van der Waals surface area (Å²) < 4.78 is 39.4. The number of para-hydroxylation sites is 1. The van der Waals surface area contributed by atoms with E-state index in [9.17, 15) is 22.8 Å². The number of rotatable bonds is 6. The standard InChI is InChI=1S/C23H33F3N4O2/c1-17(22(32)28(2)18-8-4-3-5-9-18)30-14-12-29(13-15-30)16-21(31)27-20-11-7-6-10-19(20)23(24,25)26/h6-7,10-11,17-18H,3-5,8-9,12-16H2,1-2H3,(H,27,31)/t17-/m0/s1. The average Bonchev–Trinajstić information content (AvgIpc) is 2.78. The van der Waals surface area contributed by atoms with E-state index in [0.717, 1.165) is 18.9 Å². The topological polar surface area (TPSA) is 55.9 Å². The molecule has 1 aliphatic heterocycles. The summed E-state index contributed by atoms with van der Waals surface area (Å²) in [7, 11) is 1.90. The van der Waals surface area contributed by atoms with E-state index in [1.54, 1.807) is 0 Å². The molecular formula is C23H33F3N4O2. The van der Waals surface area contributed by atoms with Gasteiger partial charge in [-0.05, 0) is 31.9 Å². The zero-order valence-corrected chi connectivity index (χ0v) is 18.8. The minimum absolute atomic E-state index is 0.0182. The number of halogens is 3. The molecule has 6 nitrogen and oxygen atoms in total. The lowest BCUT2D eigenvalue weighted by Gasteiger charge is -2.40. The Balaban J connectivity index is 1.47. The maximum absolute atomic E-state index is 13.1. The van der Waals surface area contributed by atoms with Gasteiger partial charge < -0.3 is 10.2 Å². The van der Waals surface area contributed by atoms with E-state index in [2.05, 4.69) is 10.2 Å². The number of piperazine rings is 1. The van der Waals surface area contributed by atoms with E-state index in [1.165, 1.54) is 37.5 Å². The number of amides is 2. The number of benzene rings is 1. The fourth-order valence-electron chi connectivity index (χ4n) is 4.64. The first-order chi connectivity index (χ1) is 15.2. The molecule has 1 aliphatic carbocycles. The van der Waals surface area contributed by atoms with Gasteiger partial charge in [0.25, 0.3) is 0 Å². The Bertz CT molecular complexity index is 788. The van der Waals surface area contributed by atoms with Gasteiger partial charge in [-0.15, -0.1) is 0 Å². The minimum Gasteiger partial charge on any atom is -0.341 e. The van der Waals surface area contributed by atoms with Crippen LogP contribution in [0.4, 0.5) is 18.9 Å². The van der Waals surface area contributed by atoms with Crippen molar-refractivity contribution < 1.29 is 22.8 Å². The second-order valence-corrected chi connectivity index (χ2v) is 8.82. The highest BCUT2D eigenvalue weighted by Gasteiger charge is 2.34. The summed E-state index contributed by atoms with van der Waals surface area (Å²) in [6.45, 7) is 4.39. The van der Waals surface area contributed by atoms with Gasteiger partial charge in [0, 0.05) is 39.3 Å². The lowest BCUT2D eigenvalue weighted by molar-refractivity contribution is -0.139. The number of carbonyl (C=O) groups is 2. The molecule has 1 aromatic rings. The normalized spacial score (nSPS) is 20.0. The fraction of sp³-hybridized carbons (Fsp3) is 0.652. The molecule has 2 aliphatic rings. The van der Waals surface area contributed by atoms with Gasteiger partial charge in [-0.2, -0.15) is 13.2 Å². The van der Waals surface area contributed by atoms with E-state index >= 15 is 0 Å². The van der Waals surface area contributed by atoms with Crippen LogP contribution in [-0.2, 0) is 15.8 Å². The maximum Gasteiger partial charge on any atom is 0.418 e. The maximum atomic E-state index is 13.1. The van der Waals surface area contributed by atoms with Crippen molar-refractivity contribution in [2.75, 3.05) is 45.1 Å². The Labute approximate surface area is 187 Å².